The van der Waals surface area contributed by atoms with Gasteiger partial charge in [-0.1, -0.05) is 35.4 Å². The number of nitrogens with one attached hydrogen (secondary N) is 2. The lowest BCUT2D eigenvalue weighted by Crippen LogP contribution is -2.38. The summed E-state index contributed by atoms with van der Waals surface area (Å²) in [6.45, 7) is 5.15. The highest BCUT2D eigenvalue weighted by molar-refractivity contribution is 7.93. The van der Waals surface area contributed by atoms with Gasteiger partial charge in [-0.2, -0.15) is 0 Å². The molecule has 0 unspecified atom stereocenters. The Hall–Kier alpha value is -3.86. The predicted octanol–water partition coefficient (Wildman–Crippen LogP) is 5.90. The SMILES string of the molecule is Cc1ccc(S(=O)(=O)N(CC(=O)Nc2ccc(S(=O)(=O)Nc3ccc(C)c(C)c3)cc2)c2ccc(Cl)cc2)cc1. The molecule has 0 heterocycles. The molecule has 4 aromatic rings. The molecule has 1 amide bonds. The van der Waals surface area contributed by atoms with E-state index in [1.807, 2.05) is 26.8 Å². The van der Waals surface area contributed by atoms with Gasteiger partial charge >= 0.3 is 0 Å². The van der Waals surface area contributed by atoms with Gasteiger partial charge in [-0.15, -0.1) is 0 Å². The fourth-order valence-electron chi connectivity index (χ4n) is 3.83. The van der Waals surface area contributed by atoms with Crippen molar-refractivity contribution >= 4 is 54.6 Å². The first kappa shape index (κ1) is 29.1. The van der Waals surface area contributed by atoms with Crippen LogP contribution in [0.3, 0.4) is 0 Å². The number of hydrogen-bond acceptors (Lipinski definition) is 5. The van der Waals surface area contributed by atoms with E-state index in [1.165, 1.54) is 60.7 Å². The average Bonchev–Trinajstić information content (AvgIpc) is 2.90. The van der Waals surface area contributed by atoms with Crippen molar-refractivity contribution in [2.45, 2.75) is 30.6 Å². The molecule has 0 aliphatic rings. The zero-order valence-electron chi connectivity index (χ0n) is 22.1. The molecule has 40 heavy (non-hydrogen) atoms. The predicted molar refractivity (Wildman–Crippen MR) is 159 cm³/mol. The van der Waals surface area contributed by atoms with E-state index in [9.17, 15) is 21.6 Å². The smallest absolute Gasteiger partial charge is 0.264 e. The molecule has 4 rings (SSSR count). The summed E-state index contributed by atoms with van der Waals surface area (Å²) >= 11 is 5.99. The van der Waals surface area contributed by atoms with Gasteiger partial charge in [0.05, 0.1) is 15.5 Å². The topological polar surface area (TPSA) is 113 Å². The zero-order valence-corrected chi connectivity index (χ0v) is 24.4. The molecule has 0 aliphatic carbocycles. The Morgan fingerprint density at radius 1 is 0.725 bits per heavy atom. The fraction of sp³-hybridized carbons (Fsp3) is 0.138. The second-order valence-electron chi connectivity index (χ2n) is 9.28. The Kier molecular flexibility index (Phi) is 8.53. The molecule has 8 nitrogen and oxygen atoms in total. The van der Waals surface area contributed by atoms with Crippen LogP contribution in [0.2, 0.25) is 5.02 Å². The highest BCUT2D eigenvalue weighted by Crippen LogP contribution is 2.26. The van der Waals surface area contributed by atoms with E-state index >= 15 is 0 Å². The number of nitrogens with zero attached hydrogens (tertiary/aromatic N) is 1. The highest BCUT2D eigenvalue weighted by atomic mass is 35.5. The third-order valence-corrected chi connectivity index (χ3v) is 9.66. The number of anilines is 3. The molecule has 0 bridgehead atoms. The first-order valence-electron chi connectivity index (χ1n) is 12.2. The molecule has 2 N–H and O–H groups in total. The van der Waals surface area contributed by atoms with E-state index in [2.05, 4.69) is 10.0 Å². The summed E-state index contributed by atoms with van der Waals surface area (Å²) in [7, 11) is -7.95. The van der Waals surface area contributed by atoms with Crippen molar-refractivity contribution in [3.05, 3.63) is 113 Å². The fourth-order valence-corrected chi connectivity index (χ4v) is 6.42. The number of carbonyl (C=O) groups is 1. The van der Waals surface area contributed by atoms with Gasteiger partial charge in [-0.05, 0) is 105 Å². The van der Waals surface area contributed by atoms with E-state index in [0.717, 1.165) is 21.0 Å². The lowest BCUT2D eigenvalue weighted by molar-refractivity contribution is -0.114. The molecule has 0 spiro atoms. The summed E-state index contributed by atoms with van der Waals surface area (Å²) in [4.78, 5) is 13.0. The van der Waals surface area contributed by atoms with Crippen LogP contribution in [0.15, 0.2) is 101 Å². The third kappa shape index (κ3) is 6.82. The molecule has 0 saturated heterocycles. The van der Waals surface area contributed by atoms with Crippen LogP contribution >= 0.6 is 11.6 Å². The second kappa shape index (κ2) is 11.7. The highest BCUT2D eigenvalue weighted by Gasteiger charge is 2.27. The monoisotopic (exact) mass is 597 g/mol. The van der Waals surface area contributed by atoms with E-state index in [0.29, 0.717) is 16.4 Å². The average molecular weight is 598 g/mol. The minimum Gasteiger partial charge on any atom is -0.325 e. The Bertz CT molecular complexity index is 1740. The maximum atomic E-state index is 13.5. The van der Waals surface area contributed by atoms with Crippen LogP contribution in [-0.2, 0) is 24.8 Å². The Morgan fingerprint density at radius 2 is 1.30 bits per heavy atom. The van der Waals surface area contributed by atoms with Crippen LogP contribution in [0.4, 0.5) is 17.1 Å². The lowest BCUT2D eigenvalue weighted by atomic mass is 10.1. The molecule has 0 saturated carbocycles. The van der Waals surface area contributed by atoms with Crippen LogP contribution in [0.1, 0.15) is 16.7 Å². The van der Waals surface area contributed by atoms with Gasteiger partial charge in [-0.25, -0.2) is 16.8 Å². The summed E-state index contributed by atoms with van der Waals surface area (Å²) < 4.78 is 56.2. The molecule has 208 valence electrons. The second-order valence-corrected chi connectivity index (χ2v) is 13.3. The number of carbonyl (C=O) groups excluding carboxylic acids is 1. The summed E-state index contributed by atoms with van der Waals surface area (Å²) in [5.74, 6) is -0.616. The minimum absolute atomic E-state index is 0.00784. The van der Waals surface area contributed by atoms with Crippen molar-refractivity contribution in [1.29, 1.82) is 0 Å². The van der Waals surface area contributed by atoms with E-state index in [-0.39, 0.29) is 15.5 Å². The van der Waals surface area contributed by atoms with Gasteiger partial charge in [0.2, 0.25) is 5.91 Å². The lowest BCUT2D eigenvalue weighted by Gasteiger charge is -2.24. The van der Waals surface area contributed by atoms with Crippen LogP contribution in [0.25, 0.3) is 0 Å². The van der Waals surface area contributed by atoms with Gasteiger partial charge in [0, 0.05) is 16.4 Å². The quantitative estimate of drug-likeness (QED) is 0.249. The van der Waals surface area contributed by atoms with Crippen LogP contribution < -0.4 is 14.3 Å². The maximum absolute atomic E-state index is 13.5. The molecule has 0 radical (unpaired) electrons. The molecule has 0 aliphatic heterocycles. The molecule has 0 atom stereocenters. The van der Waals surface area contributed by atoms with Crippen molar-refractivity contribution in [3.8, 4) is 0 Å². The Morgan fingerprint density at radius 3 is 1.90 bits per heavy atom. The first-order chi connectivity index (χ1) is 18.8. The summed E-state index contributed by atoms with van der Waals surface area (Å²) in [6, 6.07) is 23.3. The minimum atomic E-state index is -4.09. The van der Waals surface area contributed by atoms with Crippen molar-refractivity contribution in [3.63, 3.8) is 0 Å². The maximum Gasteiger partial charge on any atom is 0.264 e. The number of halogens is 1. The zero-order chi connectivity index (χ0) is 29.1. The largest absolute Gasteiger partial charge is 0.325 e. The number of aryl methyl sites for hydroxylation is 3. The van der Waals surface area contributed by atoms with Crippen molar-refractivity contribution in [2.24, 2.45) is 0 Å². The number of rotatable bonds is 9. The van der Waals surface area contributed by atoms with Crippen molar-refractivity contribution in [1.82, 2.24) is 0 Å². The molecular weight excluding hydrogens is 570 g/mol. The number of benzene rings is 4. The van der Waals surface area contributed by atoms with Gasteiger partial charge in [0.25, 0.3) is 20.0 Å². The molecule has 0 aromatic heterocycles. The summed E-state index contributed by atoms with van der Waals surface area (Å²) in [5.41, 5.74) is 3.90. The van der Waals surface area contributed by atoms with Gasteiger partial charge in [0.1, 0.15) is 6.54 Å². The third-order valence-electron chi connectivity index (χ3n) is 6.22. The molecule has 0 fully saturated rings. The van der Waals surface area contributed by atoms with E-state index < -0.39 is 32.5 Å². The molecular formula is C29H28ClN3O5S2. The van der Waals surface area contributed by atoms with Crippen LogP contribution in [0, 0.1) is 20.8 Å². The normalized spacial score (nSPS) is 11.6. The van der Waals surface area contributed by atoms with Crippen LogP contribution in [0.5, 0.6) is 0 Å². The van der Waals surface area contributed by atoms with Gasteiger partial charge < -0.3 is 5.32 Å². The standard InChI is InChI=1S/C29H28ClN3O5S2/c1-20-4-14-28(15-5-20)40(37,38)33(26-12-7-23(30)8-13-26)19-29(34)31-24-10-16-27(17-11-24)39(35,36)32-25-9-6-21(2)22(3)18-25/h4-18,32H,19H2,1-3H3,(H,31,34). The number of amides is 1. The van der Waals surface area contributed by atoms with Crippen LogP contribution in [-0.4, -0.2) is 29.3 Å². The molecule has 4 aromatic carbocycles. The summed E-state index contributed by atoms with van der Waals surface area (Å²) in [5, 5.41) is 3.06. The van der Waals surface area contributed by atoms with Crippen molar-refractivity contribution < 1.29 is 21.6 Å². The van der Waals surface area contributed by atoms with E-state index in [4.69, 9.17) is 11.6 Å². The Labute approximate surface area is 239 Å². The first-order valence-corrected chi connectivity index (χ1v) is 15.5. The number of sulfonamides is 2. The summed E-state index contributed by atoms with van der Waals surface area (Å²) in [6.07, 6.45) is 0. The number of hydrogen-bond donors (Lipinski definition) is 2. The molecule has 11 heteroatoms. The van der Waals surface area contributed by atoms with Crippen molar-refractivity contribution in [2.75, 3.05) is 20.9 Å². The van der Waals surface area contributed by atoms with Gasteiger partial charge in [-0.3, -0.25) is 13.8 Å². The van der Waals surface area contributed by atoms with E-state index in [1.54, 1.807) is 24.3 Å². The van der Waals surface area contributed by atoms with Gasteiger partial charge in [0.15, 0.2) is 0 Å². The Balaban J connectivity index is 1.52.